The second kappa shape index (κ2) is 11.2. The van der Waals surface area contributed by atoms with Crippen molar-refractivity contribution in [3.8, 4) is 11.4 Å². The average Bonchev–Trinajstić information content (AvgIpc) is 2.81. The summed E-state index contributed by atoms with van der Waals surface area (Å²) in [5.41, 5.74) is 7.88. The fourth-order valence-corrected chi connectivity index (χ4v) is 10.9. The molecule has 4 nitrogen and oxygen atoms in total. The van der Waals surface area contributed by atoms with Gasteiger partial charge < -0.3 is 5.32 Å². The number of nitrogens with zero attached hydrogens (tertiary/aromatic N) is 2. The lowest BCUT2D eigenvalue weighted by atomic mass is 10.1. The van der Waals surface area contributed by atoms with Crippen molar-refractivity contribution >= 4 is 41.7 Å². The van der Waals surface area contributed by atoms with E-state index in [9.17, 15) is 4.79 Å². The van der Waals surface area contributed by atoms with Crippen LogP contribution in [0, 0.1) is 0 Å². The topological polar surface area (TPSA) is 54.9 Å². The molecule has 3 rings (SSSR count). The second-order valence-corrected chi connectivity index (χ2v) is 16.3. The van der Waals surface area contributed by atoms with Gasteiger partial charge in [0.1, 0.15) is 5.69 Å². The predicted octanol–water partition coefficient (Wildman–Crippen LogP) is 8.39. The van der Waals surface area contributed by atoms with Crippen molar-refractivity contribution in [1.29, 1.82) is 0 Å². The molecule has 178 valence electrons. The average molecular weight is 537 g/mol. The fraction of sp³-hybridized carbons (Fsp3) is 0.321. The number of nitrogens with one attached hydrogen (secondary N) is 1. The maximum atomic E-state index is 13.0. The molecule has 0 bridgehead atoms. The molecular formula is C28H34BrN3OSi. The van der Waals surface area contributed by atoms with E-state index in [1.807, 2.05) is 48.5 Å². The molecule has 0 saturated heterocycles. The third kappa shape index (κ3) is 5.73. The summed E-state index contributed by atoms with van der Waals surface area (Å²) in [5, 5.41) is 2.93. The molecule has 34 heavy (non-hydrogen) atoms. The largest absolute Gasteiger partial charge is 0.321 e. The first-order valence-corrected chi connectivity index (χ1v) is 14.9. The highest BCUT2D eigenvalue weighted by Gasteiger charge is 2.40. The predicted molar refractivity (Wildman–Crippen MR) is 150 cm³/mol. The molecule has 0 saturated carbocycles. The van der Waals surface area contributed by atoms with Gasteiger partial charge in [-0.15, -0.1) is 0 Å². The van der Waals surface area contributed by atoms with Crippen LogP contribution in [0.4, 0.5) is 5.69 Å². The van der Waals surface area contributed by atoms with Crippen molar-refractivity contribution in [1.82, 2.24) is 9.97 Å². The second-order valence-electron chi connectivity index (χ2n) is 9.61. The van der Waals surface area contributed by atoms with E-state index in [0.29, 0.717) is 22.3 Å². The Morgan fingerprint density at radius 3 is 2.12 bits per heavy atom. The van der Waals surface area contributed by atoms with Crippen LogP contribution in [-0.4, -0.2) is 23.9 Å². The van der Waals surface area contributed by atoms with Crippen molar-refractivity contribution in [3.05, 3.63) is 82.2 Å². The number of rotatable bonds is 8. The molecule has 0 unspecified atom stereocenters. The van der Waals surface area contributed by atoms with Gasteiger partial charge in [0.05, 0.1) is 19.5 Å². The summed E-state index contributed by atoms with van der Waals surface area (Å²) in [6, 6.07) is 17.1. The summed E-state index contributed by atoms with van der Waals surface area (Å²) in [4.78, 5) is 22.3. The van der Waals surface area contributed by atoms with Crippen molar-refractivity contribution in [3.63, 3.8) is 0 Å². The summed E-state index contributed by atoms with van der Waals surface area (Å²) < 4.78 is 0.959. The first-order chi connectivity index (χ1) is 16.1. The number of amides is 1. The summed E-state index contributed by atoms with van der Waals surface area (Å²) in [7, 11) is -1.74. The fourth-order valence-electron chi connectivity index (χ4n) is 4.98. The number of halogens is 1. The van der Waals surface area contributed by atoms with Gasteiger partial charge in [-0.05, 0) is 59.1 Å². The third-order valence-corrected chi connectivity index (χ3v) is 14.0. The minimum atomic E-state index is -1.74. The van der Waals surface area contributed by atoms with Gasteiger partial charge in [0.15, 0.2) is 0 Å². The van der Waals surface area contributed by atoms with Gasteiger partial charge in [0.25, 0.3) is 5.91 Å². The molecule has 0 aliphatic carbocycles. The van der Waals surface area contributed by atoms with Gasteiger partial charge in [-0.2, -0.15) is 0 Å². The zero-order valence-electron chi connectivity index (χ0n) is 20.8. The smallest absolute Gasteiger partial charge is 0.274 e. The van der Waals surface area contributed by atoms with Crippen molar-refractivity contribution in [2.75, 3.05) is 5.32 Å². The van der Waals surface area contributed by atoms with E-state index in [-0.39, 0.29) is 5.91 Å². The molecule has 0 radical (unpaired) electrons. The molecule has 0 fully saturated rings. The van der Waals surface area contributed by atoms with Crippen molar-refractivity contribution < 1.29 is 4.79 Å². The minimum absolute atomic E-state index is 0.245. The number of aromatic nitrogens is 2. The summed E-state index contributed by atoms with van der Waals surface area (Å²) in [6.07, 6.45) is 3.98. The maximum absolute atomic E-state index is 13.0. The zero-order chi connectivity index (χ0) is 24.9. The Hall–Kier alpha value is -2.57. The van der Waals surface area contributed by atoms with E-state index in [0.717, 1.165) is 27.1 Å². The Kier molecular flexibility index (Phi) is 8.60. The van der Waals surface area contributed by atoms with Crippen LogP contribution in [-0.2, 0) is 0 Å². The summed E-state index contributed by atoms with van der Waals surface area (Å²) in [5.74, 6) is -0.245. The molecule has 0 aliphatic heterocycles. The van der Waals surface area contributed by atoms with E-state index >= 15 is 0 Å². The van der Waals surface area contributed by atoms with Gasteiger partial charge in [0, 0.05) is 21.9 Å². The van der Waals surface area contributed by atoms with E-state index in [4.69, 9.17) is 4.98 Å². The highest BCUT2D eigenvalue weighted by Crippen LogP contribution is 2.43. The highest BCUT2D eigenvalue weighted by molar-refractivity contribution is 9.10. The number of anilines is 1. The van der Waals surface area contributed by atoms with Gasteiger partial charge in [0.2, 0.25) is 0 Å². The van der Waals surface area contributed by atoms with Crippen LogP contribution < -0.4 is 5.32 Å². The van der Waals surface area contributed by atoms with Gasteiger partial charge in [-0.3, -0.25) is 9.78 Å². The Morgan fingerprint density at radius 2 is 1.56 bits per heavy atom. The zero-order valence-corrected chi connectivity index (χ0v) is 23.4. The lowest BCUT2D eigenvalue weighted by Gasteiger charge is -2.40. The summed E-state index contributed by atoms with van der Waals surface area (Å²) in [6.45, 7) is 14.1. The van der Waals surface area contributed by atoms with Gasteiger partial charge >= 0.3 is 0 Å². The SMILES string of the molecule is CC(C)[Si](/C=C/c1ccc(C(=O)Nc2ccc(Br)cc2)nc1-c1ccccn1)(C(C)C)C(C)C. The Bertz CT molecular complexity index is 1120. The van der Waals surface area contributed by atoms with Crippen LogP contribution in [0.15, 0.2) is 71.0 Å². The van der Waals surface area contributed by atoms with Crippen LogP contribution in [0.25, 0.3) is 17.5 Å². The van der Waals surface area contributed by atoms with Crippen molar-refractivity contribution in [2.45, 2.75) is 58.2 Å². The minimum Gasteiger partial charge on any atom is -0.321 e. The number of carbonyl (C=O) groups excluding carboxylic acids is 1. The normalized spacial score (nSPS) is 12.2. The molecular weight excluding hydrogens is 502 g/mol. The molecule has 0 spiro atoms. The number of carbonyl (C=O) groups is 1. The third-order valence-electron chi connectivity index (χ3n) is 6.72. The first kappa shape index (κ1) is 26.0. The van der Waals surface area contributed by atoms with Crippen LogP contribution in [0.3, 0.4) is 0 Å². The van der Waals surface area contributed by atoms with Crippen LogP contribution >= 0.6 is 15.9 Å². The maximum Gasteiger partial charge on any atom is 0.274 e. The Balaban J connectivity index is 2.03. The monoisotopic (exact) mass is 535 g/mol. The molecule has 0 atom stereocenters. The molecule has 2 aromatic heterocycles. The molecule has 3 aromatic rings. The van der Waals surface area contributed by atoms with E-state index in [2.05, 4.69) is 79.5 Å². The van der Waals surface area contributed by atoms with Crippen LogP contribution in [0.2, 0.25) is 16.6 Å². The number of hydrogen-bond acceptors (Lipinski definition) is 3. The molecule has 1 amide bonds. The first-order valence-electron chi connectivity index (χ1n) is 11.8. The molecule has 1 N–H and O–H groups in total. The van der Waals surface area contributed by atoms with Crippen LogP contribution in [0.5, 0.6) is 0 Å². The molecule has 0 aliphatic rings. The molecule has 1 aromatic carbocycles. The van der Waals surface area contributed by atoms with E-state index in [1.54, 1.807) is 12.3 Å². The van der Waals surface area contributed by atoms with E-state index in [1.165, 1.54) is 0 Å². The van der Waals surface area contributed by atoms with Crippen molar-refractivity contribution in [2.24, 2.45) is 0 Å². The molecule has 6 heteroatoms. The Labute approximate surface area is 213 Å². The lowest BCUT2D eigenvalue weighted by molar-refractivity contribution is 0.102. The quantitative estimate of drug-likeness (QED) is 0.294. The number of pyridine rings is 2. The number of hydrogen-bond donors (Lipinski definition) is 1. The van der Waals surface area contributed by atoms with Gasteiger partial charge in [-0.25, -0.2) is 4.98 Å². The van der Waals surface area contributed by atoms with Crippen LogP contribution in [0.1, 0.15) is 57.6 Å². The van der Waals surface area contributed by atoms with E-state index < -0.39 is 8.07 Å². The number of benzene rings is 1. The highest BCUT2D eigenvalue weighted by atomic mass is 79.9. The Morgan fingerprint density at radius 1 is 0.912 bits per heavy atom. The standard InChI is InChI=1S/C28H34BrN3OSi/c1-19(2)34(20(3)4,21(5)6)18-16-22-10-15-26(32-27(22)25-9-7-8-17-30-25)28(33)31-24-13-11-23(29)12-14-24/h7-21H,1-6H3,(H,31,33)/b18-16+. The lowest BCUT2D eigenvalue weighted by Crippen LogP contribution is -2.42. The summed E-state index contributed by atoms with van der Waals surface area (Å²) >= 11 is 3.42. The van der Waals surface area contributed by atoms with Gasteiger partial charge in [-0.1, -0.05) is 81.4 Å². The molecule has 2 heterocycles.